The smallest absolute Gasteiger partial charge is 0 e. The molecule has 0 atom stereocenters. The molecule has 0 aliphatic carbocycles. The number of rotatable bonds is 0. The Morgan fingerprint density at radius 1 is 1.25 bits per heavy atom. The average Bonchev–Trinajstić information content (AvgIpc) is 0.918. The van der Waals surface area contributed by atoms with E-state index < -0.39 is 16.5 Å². The van der Waals surface area contributed by atoms with Gasteiger partial charge in [0.2, 0.25) is 0 Å². The summed E-state index contributed by atoms with van der Waals surface area (Å²) in [7, 11) is 9.75. The zero-order chi connectivity index (χ0) is 2.71. The minimum Gasteiger partial charge on any atom is 0 e. The molecular formula is Cl2NPt. The topological polar surface area (TPSA) is 30.5 Å². The van der Waals surface area contributed by atoms with Gasteiger partial charge >= 0.3 is 35.3 Å². The maximum atomic E-state index is 4.88. The van der Waals surface area contributed by atoms with Crippen molar-refractivity contribution in [3.63, 3.8) is 0 Å². The maximum Gasteiger partial charge on any atom is 0 e. The first-order valence-electron chi connectivity index (χ1n) is 0.239. The van der Waals surface area contributed by atoms with Gasteiger partial charge in [-0.25, -0.2) is 0 Å². The second-order valence-corrected chi connectivity index (χ2v) is 3.33. The van der Waals surface area contributed by atoms with Crippen molar-refractivity contribution < 1.29 is 16.5 Å². The van der Waals surface area contributed by atoms with E-state index >= 15 is 0 Å². The first-order valence-corrected chi connectivity index (χ1v) is 5.87. The van der Waals surface area contributed by atoms with Crippen LogP contribution in [0.25, 0.3) is 0 Å². The van der Waals surface area contributed by atoms with Crippen molar-refractivity contribution in [2.45, 2.75) is 0 Å². The Bertz CT molecular complexity index is 6.00. The van der Waals surface area contributed by atoms with E-state index in [0.29, 0.717) is 0 Å². The first kappa shape index (κ1) is 8.97. The van der Waals surface area contributed by atoms with Gasteiger partial charge in [-0.15, -0.1) is 0 Å². The largest absolute Gasteiger partial charge is 0 e. The molecule has 0 rings (SSSR count). The normalized spacial score (nSPS) is 5.50. The molecule has 0 fully saturated rings. The van der Waals surface area contributed by atoms with Gasteiger partial charge in [-0.05, 0) is 0 Å². The molecule has 0 aliphatic rings. The molecule has 0 spiro atoms. The van der Waals surface area contributed by atoms with Crippen LogP contribution in [0.4, 0.5) is 0 Å². The number of nitrogens with zero attached hydrogens (tertiary/aromatic N) is 1. The van der Waals surface area contributed by atoms with Crippen LogP contribution in [0.3, 0.4) is 0 Å². The summed E-state index contributed by atoms with van der Waals surface area (Å²) < 4.78 is 0. The fraction of sp³-hybridized carbons (Fsp3) is 0. The summed E-state index contributed by atoms with van der Waals surface area (Å²) in [5.74, 6) is 0. The molecule has 0 unspecified atom stereocenters. The summed E-state index contributed by atoms with van der Waals surface area (Å²) in [6.45, 7) is 0. The van der Waals surface area contributed by atoms with Crippen LogP contribution >= 0.6 is 18.8 Å². The van der Waals surface area contributed by atoms with Gasteiger partial charge in [-0.1, -0.05) is 0 Å². The van der Waals surface area contributed by atoms with E-state index in [1.54, 1.807) is 0 Å². The van der Waals surface area contributed by atoms with Crippen molar-refractivity contribution in [2.24, 2.45) is 0 Å². The van der Waals surface area contributed by atoms with Crippen molar-refractivity contribution in [3.8, 4) is 0 Å². The summed E-state index contributed by atoms with van der Waals surface area (Å²) in [6.07, 6.45) is 0. The third-order valence-electron chi connectivity index (χ3n) is 0. The minimum atomic E-state index is -0.472. The van der Waals surface area contributed by atoms with Crippen LogP contribution in [0.1, 0.15) is 0 Å². The molecule has 0 saturated heterocycles. The van der Waals surface area contributed by atoms with Crippen LogP contribution < -0.4 is 6.15 Å². The van der Waals surface area contributed by atoms with Gasteiger partial charge in [0.05, 0.1) is 0 Å². The standard InChI is InChI=1S/2ClH.N.Pt/h2*1H;;/q;;;+2/p-2. The van der Waals surface area contributed by atoms with Crippen LogP contribution in [0.5, 0.6) is 0 Å². The van der Waals surface area contributed by atoms with Crippen LogP contribution in [0.2, 0.25) is 0 Å². The third kappa shape index (κ3) is 10.6. The molecule has 0 N–H and O–H groups in total. The van der Waals surface area contributed by atoms with Gasteiger partial charge in [-0.2, -0.15) is 0 Å². The van der Waals surface area contributed by atoms with Crippen LogP contribution in [0, 0.1) is 0 Å². The quantitative estimate of drug-likeness (QED) is 0.631. The molecule has 0 aromatic rings. The Morgan fingerprint density at radius 3 is 1.25 bits per heavy atom. The van der Waals surface area contributed by atoms with Gasteiger partial charge in [-0.3, -0.25) is 0 Å². The molecule has 3 radical (unpaired) electrons. The summed E-state index contributed by atoms with van der Waals surface area (Å²) in [4.78, 5) is 0. The van der Waals surface area contributed by atoms with E-state index in [9.17, 15) is 0 Å². The predicted octanol–water partition coefficient (Wildman–Crippen LogP) is 0.896. The third-order valence-corrected chi connectivity index (χ3v) is 0. The Balaban J connectivity index is 0. The molecule has 4 heavy (non-hydrogen) atoms. The van der Waals surface area contributed by atoms with E-state index in [1.165, 1.54) is 0 Å². The molecule has 0 amide bonds. The summed E-state index contributed by atoms with van der Waals surface area (Å²) in [6, 6.07) is 0. The number of hydrogen-bond acceptors (Lipinski definition) is 0. The van der Waals surface area contributed by atoms with E-state index in [4.69, 9.17) is 18.8 Å². The second-order valence-electron chi connectivity index (χ2n) is 0.0452. The van der Waals surface area contributed by atoms with Gasteiger partial charge < -0.3 is 0 Å². The summed E-state index contributed by atoms with van der Waals surface area (Å²) >= 11 is -0.472. The molecule has 0 saturated carbocycles. The fourth-order valence-electron chi connectivity index (χ4n) is 0. The maximum absolute atomic E-state index is 4.88. The Kier molecular flexibility index (Phi) is 19.9. The molecule has 0 bridgehead atoms. The Morgan fingerprint density at radius 2 is 1.25 bits per heavy atom. The first-order chi connectivity index (χ1) is 1.41. The molecule has 29 valence electrons. The molecule has 1 nitrogen and oxygen atoms in total. The second kappa shape index (κ2) is 8.87. The van der Waals surface area contributed by atoms with Crippen molar-refractivity contribution in [2.75, 3.05) is 0 Å². The van der Waals surface area contributed by atoms with Crippen molar-refractivity contribution >= 4 is 18.8 Å². The van der Waals surface area contributed by atoms with Crippen molar-refractivity contribution in [1.29, 1.82) is 0 Å². The average molecular weight is 280 g/mol. The number of halogens is 2. The van der Waals surface area contributed by atoms with Crippen LogP contribution in [0.15, 0.2) is 0 Å². The molecule has 0 aliphatic heterocycles. The zero-order valence-electron chi connectivity index (χ0n) is 1.52. The van der Waals surface area contributed by atoms with E-state index in [0.717, 1.165) is 0 Å². The van der Waals surface area contributed by atoms with Crippen molar-refractivity contribution in [1.82, 2.24) is 6.15 Å². The Hall–Kier alpha value is 1.23. The van der Waals surface area contributed by atoms with Gasteiger partial charge in [0, 0.05) is 6.15 Å². The van der Waals surface area contributed by atoms with E-state index in [2.05, 4.69) is 0 Å². The molecule has 4 heteroatoms. The Labute approximate surface area is 41.6 Å². The minimum absolute atomic E-state index is 0. The van der Waals surface area contributed by atoms with Crippen LogP contribution in [-0.4, -0.2) is 0 Å². The van der Waals surface area contributed by atoms with Gasteiger partial charge in [0.25, 0.3) is 0 Å². The van der Waals surface area contributed by atoms with E-state index in [-0.39, 0.29) is 6.15 Å². The monoisotopic (exact) mass is 279 g/mol. The van der Waals surface area contributed by atoms with E-state index in [1.807, 2.05) is 0 Å². The predicted molar refractivity (Wildman–Crippen MR) is 13.8 cm³/mol. The van der Waals surface area contributed by atoms with Crippen LogP contribution in [-0.2, 0) is 16.5 Å². The molecule has 0 aromatic heterocycles. The molecule has 0 aromatic carbocycles. The van der Waals surface area contributed by atoms with Gasteiger partial charge in [0.15, 0.2) is 0 Å². The fourth-order valence-corrected chi connectivity index (χ4v) is 0. The molecular weight excluding hydrogens is 280 g/mol. The zero-order valence-corrected chi connectivity index (χ0v) is 5.30. The van der Waals surface area contributed by atoms with Gasteiger partial charge in [0.1, 0.15) is 0 Å². The number of hydrogen-bond donors (Lipinski definition) is 0. The summed E-state index contributed by atoms with van der Waals surface area (Å²) in [5, 5.41) is 0. The molecule has 0 heterocycles. The SMILES string of the molecule is [Cl][Pt][Cl].[N]. The summed E-state index contributed by atoms with van der Waals surface area (Å²) in [5.41, 5.74) is 0. The van der Waals surface area contributed by atoms with Crippen molar-refractivity contribution in [3.05, 3.63) is 0 Å².